The molecule has 0 amide bonds. The molecule has 0 atom stereocenters. The molecule has 0 spiro atoms. The van der Waals surface area contributed by atoms with Gasteiger partial charge in [0, 0.05) is 17.5 Å². The van der Waals surface area contributed by atoms with Crippen molar-refractivity contribution in [1.82, 2.24) is 0 Å². The Morgan fingerprint density at radius 2 is 1.92 bits per heavy atom. The van der Waals surface area contributed by atoms with Crippen molar-refractivity contribution in [3.63, 3.8) is 0 Å². The number of rotatable bonds is 2. The number of hydrogen-bond donors (Lipinski definition) is 0. The van der Waals surface area contributed by atoms with Gasteiger partial charge in [0.1, 0.15) is 0 Å². The molecule has 0 radical (unpaired) electrons. The highest BCUT2D eigenvalue weighted by atomic mass is 35.5. The smallest absolute Gasteiger partial charge is 0.228 e. The highest BCUT2D eigenvalue weighted by Crippen LogP contribution is 2.19. The fourth-order valence-corrected chi connectivity index (χ4v) is 1.22. The molecule has 0 aliphatic heterocycles. The molecular formula is C10H9ClO2. The van der Waals surface area contributed by atoms with E-state index in [0.717, 1.165) is 0 Å². The van der Waals surface area contributed by atoms with E-state index in [4.69, 9.17) is 11.6 Å². The molecule has 0 aliphatic carbocycles. The molecule has 0 aromatic heterocycles. The van der Waals surface area contributed by atoms with Gasteiger partial charge in [0.2, 0.25) is 5.78 Å². The lowest BCUT2D eigenvalue weighted by Crippen LogP contribution is -2.11. The van der Waals surface area contributed by atoms with Crippen molar-refractivity contribution in [2.45, 2.75) is 13.8 Å². The van der Waals surface area contributed by atoms with Gasteiger partial charge in [-0.2, -0.15) is 0 Å². The summed E-state index contributed by atoms with van der Waals surface area (Å²) >= 11 is 5.80. The predicted molar refractivity (Wildman–Crippen MR) is 51.2 cm³/mol. The molecule has 0 fully saturated rings. The molecule has 0 bridgehead atoms. The Labute approximate surface area is 81.5 Å². The minimum Gasteiger partial charge on any atom is -0.291 e. The zero-order valence-electron chi connectivity index (χ0n) is 7.43. The van der Waals surface area contributed by atoms with Crippen LogP contribution in [0.3, 0.4) is 0 Å². The van der Waals surface area contributed by atoms with Crippen LogP contribution < -0.4 is 0 Å². The fraction of sp³-hybridized carbons (Fsp3) is 0.200. The lowest BCUT2D eigenvalue weighted by atomic mass is 10.0. The normalized spacial score (nSPS) is 9.77. The van der Waals surface area contributed by atoms with E-state index in [1.807, 2.05) is 0 Å². The Kier molecular flexibility index (Phi) is 2.83. The molecule has 2 nitrogen and oxygen atoms in total. The van der Waals surface area contributed by atoms with E-state index in [2.05, 4.69) is 0 Å². The van der Waals surface area contributed by atoms with E-state index in [-0.39, 0.29) is 0 Å². The second-order valence-corrected chi connectivity index (χ2v) is 3.20. The summed E-state index contributed by atoms with van der Waals surface area (Å²) in [6.07, 6.45) is 0. The summed E-state index contributed by atoms with van der Waals surface area (Å²) in [6.45, 7) is 2.97. The van der Waals surface area contributed by atoms with Gasteiger partial charge >= 0.3 is 0 Å². The van der Waals surface area contributed by atoms with E-state index in [9.17, 15) is 9.59 Å². The van der Waals surface area contributed by atoms with Gasteiger partial charge in [0.05, 0.1) is 0 Å². The van der Waals surface area contributed by atoms with Gasteiger partial charge in [-0.05, 0) is 18.6 Å². The van der Waals surface area contributed by atoms with Crippen LogP contribution in [0.2, 0.25) is 5.02 Å². The van der Waals surface area contributed by atoms with Crippen molar-refractivity contribution in [2.24, 2.45) is 0 Å². The Bertz CT molecular complexity index is 369. The van der Waals surface area contributed by atoms with Crippen molar-refractivity contribution >= 4 is 23.2 Å². The van der Waals surface area contributed by atoms with Crippen LogP contribution in [-0.2, 0) is 4.79 Å². The molecule has 0 N–H and O–H groups in total. The van der Waals surface area contributed by atoms with Crippen molar-refractivity contribution in [2.75, 3.05) is 0 Å². The number of benzene rings is 1. The first-order valence-corrected chi connectivity index (χ1v) is 4.22. The lowest BCUT2D eigenvalue weighted by Gasteiger charge is -2.03. The average molecular weight is 197 g/mol. The molecule has 68 valence electrons. The summed E-state index contributed by atoms with van der Waals surface area (Å²) in [5.74, 6) is -0.953. The van der Waals surface area contributed by atoms with E-state index in [1.54, 1.807) is 25.1 Å². The molecule has 0 saturated carbocycles. The topological polar surface area (TPSA) is 34.1 Å². The van der Waals surface area contributed by atoms with Crippen LogP contribution in [0.1, 0.15) is 22.8 Å². The Balaban J connectivity index is 3.23. The Morgan fingerprint density at radius 1 is 1.31 bits per heavy atom. The fourth-order valence-electron chi connectivity index (χ4n) is 1.04. The van der Waals surface area contributed by atoms with Gasteiger partial charge in [-0.3, -0.25) is 9.59 Å². The molecule has 3 heteroatoms. The number of carbonyl (C=O) groups excluding carboxylic acids is 2. The van der Waals surface area contributed by atoms with E-state index in [1.165, 1.54) is 6.92 Å². The summed E-state index contributed by atoms with van der Waals surface area (Å²) in [6, 6.07) is 4.95. The molecule has 13 heavy (non-hydrogen) atoms. The van der Waals surface area contributed by atoms with Crippen LogP contribution in [0.5, 0.6) is 0 Å². The van der Waals surface area contributed by atoms with Crippen LogP contribution in [0, 0.1) is 6.92 Å². The van der Waals surface area contributed by atoms with Crippen LogP contribution in [0.25, 0.3) is 0 Å². The Morgan fingerprint density at radius 3 is 2.46 bits per heavy atom. The van der Waals surface area contributed by atoms with Gasteiger partial charge in [-0.15, -0.1) is 0 Å². The molecule has 0 aliphatic rings. The van der Waals surface area contributed by atoms with Crippen molar-refractivity contribution in [3.05, 3.63) is 34.3 Å². The van der Waals surface area contributed by atoms with Gasteiger partial charge in [0.25, 0.3) is 0 Å². The van der Waals surface area contributed by atoms with Crippen molar-refractivity contribution in [1.29, 1.82) is 0 Å². The minimum absolute atomic E-state index is 0.389. The predicted octanol–water partition coefficient (Wildman–Crippen LogP) is 2.42. The third kappa shape index (κ3) is 1.95. The number of halogens is 1. The van der Waals surface area contributed by atoms with Crippen LogP contribution in [0.4, 0.5) is 0 Å². The third-order valence-corrected chi connectivity index (χ3v) is 2.24. The molecule has 1 aromatic rings. The summed E-state index contributed by atoms with van der Waals surface area (Å²) < 4.78 is 0. The first kappa shape index (κ1) is 9.93. The standard InChI is InChI=1S/C10H9ClO2/c1-6-8(10(13)7(2)12)4-3-5-9(6)11/h3-5H,1-2H3. The van der Waals surface area contributed by atoms with Crippen molar-refractivity contribution in [3.8, 4) is 0 Å². The summed E-state index contributed by atoms with van der Waals surface area (Å²) in [7, 11) is 0. The lowest BCUT2D eigenvalue weighted by molar-refractivity contribution is -0.113. The highest BCUT2D eigenvalue weighted by Gasteiger charge is 2.14. The largest absolute Gasteiger partial charge is 0.291 e. The number of Topliss-reactive ketones (excluding diaryl/α,β-unsaturated/α-hetero) is 2. The number of hydrogen-bond acceptors (Lipinski definition) is 2. The quantitative estimate of drug-likeness (QED) is 0.538. The van der Waals surface area contributed by atoms with E-state index < -0.39 is 11.6 Å². The van der Waals surface area contributed by atoms with Crippen molar-refractivity contribution < 1.29 is 9.59 Å². The van der Waals surface area contributed by atoms with Gasteiger partial charge in [-0.25, -0.2) is 0 Å². The summed E-state index contributed by atoms with van der Waals surface area (Å²) in [5, 5.41) is 0.507. The van der Waals surface area contributed by atoms with Crippen LogP contribution in [-0.4, -0.2) is 11.6 Å². The molecular weight excluding hydrogens is 188 g/mol. The molecule has 0 saturated heterocycles. The number of ketones is 2. The zero-order valence-corrected chi connectivity index (χ0v) is 8.18. The van der Waals surface area contributed by atoms with Crippen LogP contribution >= 0.6 is 11.6 Å². The summed E-state index contributed by atoms with van der Waals surface area (Å²) in [4.78, 5) is 22.1. The maximum atomic E-state index is 11.3. The van der Waals surface area contributed by atoms with Gasteiger partial charge < -0.3 is 0 Å². The zero-order chi connectivity index (χ0) is 10.0. The maximum Gasteiger partial charge on any atom is 0.228 e. The minimum atomic E-state index is -0.486. The third-order valence-electron chi connectivity index (χ3n) is 1.83. The summed E-state index contributed by atoms with van der Waals surface area (Å²) in [5.41, 5.74) is 1.05. The molecule has 1 rings (SSSR count). The highest BCUT2D eigenvalue weighted by molar-refractivity contribution is 6.44. The number of carbonyl (C=O) groups is 2. The average Bonchev–Trinajstić information content (AvgIpc) is 2.08. The monoisotopic (exact) mass is 196 g/mol. The van der Waals surface area contributed by atoms with Gasteiger partial charge in [0.15, 0.2) is 5.78 Å². The van der Waals surface area contributed by atoms with E-state index >= 15 is 0 Å². The first-order valence-electron chi connectivity index (χ1n) is 3.84. The molecule has 0 heterocycles. The SMILES string of the molecule is CC(=O)C(=O)c1cccc(Cl)c1C. The maximum absolute atomic E-state index is 11.3. The van der Waals surface area contributed by atoms with Crippen LogP contribution in [0.15, 0.2) is 18.2 Å². The first-order chi connectivity index (χ1) is 6.04. The molecule has 1 aromatic carbocycles. The Hall–Kier alpha value is -1.15. The van der Waals surface area contributed by atoms with E-state index in [0.29, 0.717) is 16.1 Å². The van der Waals surface area contributed by atoms with Gasteiger partial charge in [-0.1, -0.05) is 23.7 Å². The molecule has 0 unspecified atom stereocenters. The second kappa shape index (κ2) is 3.71. The second-order valence-electron chi connectivity index (χ2n) is 2.80.